The maximum absolute atomic E-state index is 11.8. The summed E-state index contributed by atoms with van der Waals surface area (Å²) in [6, 6.07) is 8.68. The minimum Gasteiger partial charge on any atom is -0.857 e. The van der Waals surface area contributed by atoms with Crippen LogP contribution in [-0.4, -0.2) is 20.4 Å². The summed E-state index contributed by atoms with van der Waals surface area (Å²) >= 11 is 0. The molecule has 2 aromatic carbocycles. The number of aromatic nitrogens is 4. The van der Waals surface area contributed by atoms with Gasteiger partial charge in [-0.05, 0) is 36.4 Å². The molecule has 9 heteroatoms. The van der Waals surface area contributed by atoms with Crippen molar-refractivity contribution in [2.45, 2.75) is 0 Å². The highest BCUT2D eigenvalue weighted by Gasteiger charge is 2.06. The molecule has 2 N–H and O–H groups in total. The van der Waals surface area contributed by atoms with E-state index in [2.05, 4.69) is 20.4 Å². The van der Waals surface area contributed by atoms with Crippen molar-refractivity contribution in [1.29, 1.82) is 0 Å². The number of ether oxygens (including phenoxy) is 1. The monoisotopic (exact) mass is 336 g/mol. The molecule has 0 saturated carbocycles. The van der Waals surface area contributed by atoms with Gasteiger partial charge in [-0.25, -0.2) is 10.2 Å². The average molecular weight is 336 g/mol. The van der Waals surface area contributed by atoms with Crippen LogP contribution in [0.4, 0.5) is 0 Å². The highest BCUT2D eigenvalue weighted by molar-refractivity contribution is 5.87. The first-order valence-corrected chi connectivity index (χ1v) is 7.10. The van der Waals surface area contributed by atoms with Gasteiger partial charge in [0.05, 0.1) is 0 Å². The SMILES string of the molecule is O=c1[nH]nc([O-])c2cc(Oc3ccc4c(=O)[nH]nc([O-])c4c3)ccc12. The van der Waals surface area contributed by atoms with Crippen molar-refractivity contribution in [2.24, 2.45) is 0 Å². The Morgan fingerprint density at radius 1 is 0.720 bits per heavy atom. The lowest BCUT2D eigenvalue weighted by Crippen LogP contribution is -2.11. The van der Waals surface area contributed by atoms with Crippen LogP contribution in [0.1, 0.15) is 0 Å². The fourth-order valence-electron chi connectivity index (χ4n) is 2.50. The molecule has 2 heterocycles. The van der Waals surface area contributed by atoms with E-state index in [1.807, 2.05) is 0 Å². The van der Waals surface area contributed by atoms with Crippen molar-refractivity contribution in [3.8, 4) is 23.3 Å². The van der Waals surface area contributed by atoms with Crippen LogP contribution in [0.2, 0.25) is 0 Å². The third-order valence-corrected chi connectivity index (χ3v) is 3.69. The van der Waals surface area contributed by atoms with Crippen LogP contribution >= 0.6 is 0 Å². The van der Waals surface area contributed by atoms with E-state index in [0.29, 0.717) is 0 Å². The van der Waals surface area contributed by atoms with Crippen molar-refractivity contribution < 1.29 is 14.9 Å². The lowest BCUT2D eigenvalue weighted by Gasteiger charge is -2.12. The molecule has 0 spiro atoms. The number of hydrogen-bond donors (Lipinski definition) is 2. The zero-order valence-electron chi connectivity index (χ0n) is 12.4. The second-order valence-electron chi connectivity index (χ2n) is 5.23. The second kappa shape index (κ2) is 5.34. The Labute approximate surface area is 138 Å². The first kappa shape index (κ1) is 14.7. The molecular formula is C16H8N4O5-2. The molecule has 2 aromatic heterocycles. The van der Waals surface area contributed by atoms with Gasteiger partial charge in [0, 0.05) is 33.3 Å². The molecule has 0 aliphatic carbocycles. The molecule has 9 nitrogen and oxygen atoms in total. The van der Waals surface area contributed by atoms with Gasteiger partial charge in [0.15, 0.2) is 0 Å². The van der Waals surface area contributed by atoms with Gasteiger partial charge in [-0.3, -0.25) is 9.59 Å². The predicted molar refractivity (Wildman–Crippen MR) is 83.7 cm³/mol. The molecule has 0 atom stereocenters. The Morgan fingerprint density at radius 2 is 1.16 bits per heavy atom. The Hall–Kier alpha value is -3.88. The molecule has 0 amide bonds. The molecule has 124 valence electrons. The molecule has 25 heavy (non-hydrogen) atoms. The van der Waals surface area contributed by atoms with Crippen LogP contribution in [0.15, 0.2) is 46.0 Å². The van der Waals surface area contributed by atoms with Crippen LogP contribution < -0.4 is 26.1 Å². The number of rotatable bonds is 2. The highest BCUT2D eigenvalue weighted by Crippen LogP contribution is 2.29. The van der Waals surface area contributed by atoms with Crippen molar-refractivity contribution in [3.63, 3.8) is 0 Å². The number of nitrogens with one attached hydrogen (secondary N) is 2. The van der Waals surface area contributed by atoms with Crippen LogP contribution in [0.5, 0.6) is 23.3 Å². The summed E-state index contributed by atoms with van der Waals surface area (Å²) in [5.41, 5.74) is -0.957. The van der Waals surface area contributed by atoms with E-state index in [1.54, 1.807) is 0 Å². The molecule has 4 aromatic rings. The smallest absolute Gasteiger partial charge is 0.271 e. The molecule has 0 bridgehead atoms. The number of fused-ring (bicyclic) bond motifs is 2. The maximum Gasteiger partial charge on any atom is 0.271 e. The van der Waals surface area contributed by atoms with Crippen molar-refractivity contribution >= 4 is 21.5 Å². The summed E-state index contributed by atoms with van der Waals surface area (Å²) in [6.45, 7) is 0. The van der Waals surface area contributed by atoms with E-state index >= 15 is 0 Å². The van der Waals surface area contributed by atoms with Crippen LogP contribution in [0.25, 0.3) is 21.5 Å². The Morgan fingerprint density at radius 3 is 1.60 bits per heavy atom. The van der Waals surface area contributed by atoms with Crippen LogP contribution in [0.3, 0.4) is 0 Å². The standard InChI is InChI=1S/C16H10N4O5/c21-13-9-3-1-7(5-11(9)15(23)19-17-13)25-8-2-4-10-12(6-8)16(24)20-18-14(10)22/h1-6H,(H,17,21)(H,18,22)(H,19,23)(H,20,24)/p-2. The Balaban J connectivity index is 1.80. The maximum atomic E-state index is 11.8. The summed E-state index contributed by atoms with van der Waals surface area (Å²) < 4.78 is 5.63. The topological polar surface area (TPSA) is 147 Å². The van der Waals surface area contributed by atoms with Crippen LogP contribution in [0, 0.1) is 0 Å². The average Bonchev–Trinajstić information content (AvgIpc) is 2.62. The number of nitrogens with zero attached hydrogens (tertiary/aromatic N) is 2. The van der Waals surface area contributed by atoms with E-state index in [0.717, 1.165) is 0 Å². The Bertz CT molecular complexity index is 1150. The van der Waals surface area contributed by atoms with E-state index < -0.39 is 22.9 Å². The van der Waals surface area contributed by atoms with E-state index in [4.69, 9.17) is 4.74 Å². The highest BCUT2D eigenvalue weighted by atomic mass is 16.5. The van der Waals surface area contributed by atoms with Gasteiger partial charge in [-0.15, -0.1) is 0 Å². The van der Waals surface area contributed by atoms with E-state index in [9.17, 15) is 19.8 Å². The largest absolute Gasteiger partial charge is 0.857 e. The molecule has 0 aliphatic heterocycles. The number of H-pyrrole nitrogens is 2. The molecule has 0 saturated heterocycles. The number of hydrogen-bond acceptors (Lipinski definition) is 7. The van der Waals surface area contributed by atoms with E-state index in [1.165, 1.54) is 36.4 Å². The summed E-state index contributed by atoms with van der Waals surface area (Å²) in [5, 5.41) is 35.1. The van der Waals surface area contributed by atoms with Gasteiger partial charge in [0.25, 0.3) is 11.1 Å². The first-order valence-electron chi connectivity index (χ1n) is 7.10. The minimum absolute atomic E-state index is 0.115. The number of aromatic amines is 2. The fraction of sp³-hybridized carbons (Fsp3) is 0. The molecule has 4 rings (SSSR count). The zero-order chi connectivity index (χ0) is 17.6. The molecular weight excluding hydrogens is 328 g/mol. The van der Waals surface area contributed by atoms with Crippen molar-refractivity contribution in [2.75, 3.05) is 0 Å². The van der Waals surface area contributed by atoms with Gasteiger partial charge < -0.3 is 14.9 Å². The third kappa shape index (κ3) is 2.43. The van der Waals surface area contributed by atoms with Gasteiger partial charge in [-0.1, -0.05) is 0 Å². The second-order valence-corrected chi connectivity index (χ2v) is 5.23. The summed E-state index contributed by atoms with van der Waals surface area (Å²) in [5.74, 6) is -0.615. The fourth-order valence-corrected chi connectivity index (χ4v) is 2.50. The van der Waals surface area contributed by atoms with Crippen molar-refractivity contribution in [1.82, 2.24) is 20.4 Å². The summed E-state index contributed by atoms with van der Waals surface area (Å²) in [6.07, 6.45) is 0. The normalized spacial score (nSPS) is 11.0. The molecule has 0 fully saturated rings. The van der Waals surface area contributed by atoms with E-state index in [-0.39, 0.29) is 33.0 Å². The lowest BCUT2D eigenvalue weighted by atomic mass is 10.1. The zero-order valence-corrected chi connectivity index (χ0v) is 12.4. The Kier molecular flexibility index (Phi) is 3.14. The van der Waals surface area contributed by atoms with Gasteiger partial charge >= 0.3 is 0 Å². The quantitative estimate of drug-likeness (QED) is 0.527. The summed E-state index contributed by atoms with van der Waals surface area (Å²) in [4.78, 5) is 23.3. The number of benzene rings is 2. The molecule has 0 aliphatic rings. The predicted octanol–water partition coefficient (Wildman–Crippen LogP) is 0.0991. The lowest BCUT2D eigenvalue weighted by molar-refractivity contribution is -0.273. The van der Waals surface area contributed by atoms with Crippen LogP contribution in [-0.2, 0) is 0 Å². The third-order valence-electron chi connectivity index (χ3n) is 3.69. The minimum atomic E-state index is -0.587. The molecule has 0 unspecified atom stereocenters. The van der Waals surface area contributed by atoms with Gasteiger partial charge in [0.2, 0.25) is 0 Å². The van der Waals surface area contributed by atoms with Gasteiger partial charge in [-0.2, -0.15) is 10.2 Å². The first-order chi connectivity index (χ1) is 12.0. The molecule has 0 radical (unpaired) electrons. The van der Waals surface area contributed by atoms with Crippen molar-refractivity contribution in [3.05, 3.63) is 57.1 Å². The van der Waals surface area contributed by atoms with Gasteiger partial charge in [0.1, 0.15) is 11.5 Å². The summed E-state index contributed by atoms with van der Waals surface area (Å²) in [7, 11) is 0.